The summed E-state index contributed by atoms with van der Waals surface area (Å²) in [5, 5.41) is 3.50. The summed E-state index contributed by atoms with van der Waals surface area (Å²) in [4.78, 5) is 26.6. The Labute approximate surface area is 177 Å². The summed E-state index contributed by atoms with van der Waals surface area (Å²) in [6, 6.07) is 16.6. The van der Waals surface area contributed by atoms with E-state index in [1.165, 1.54) is 0 Å². The Bertz CT molecular complexity index is 1130. The first-order valence-electron chi connectivity index (χ1n) is 10.3. The van der Waals surface area contributed by atoms with Crippen LogP contribution in [0.2, 0.25) is 0 Å². The van der Waals surface area contributed by atoms with Crippen LogP contribution in [-0.4, -0.2) is 17.1 Å². The van der Waals surface area contributed by atoms with Crippen LogP contribution in [0.15, 0.2) is 59.0 Å². The van der Waals surface area contributed by atoms with Gasteiger partial charge < -0.3 is 9.73 Å². The number of rotatable bonds is 4. The summed E-state index contributed by atoms with van der Waals surface area (Å²) in [5.74, 6) is 0.158. The minimum Gasteiger partial charge on any atom is -0.436 e. The molecule has 2 aromatic carbocycles. The van der Waals surface area contributed by atoms with E-state index in [0.717, 1.165) is 12.0 Å². The van der Waals surface area contributed by atoms with E-state index in [1.54, 1.807) is 24.3 Å². The first-order valence-corrected chi connectivity index (χ1v) is 10.3. The van der Waals surface area contributed by atoms with E-state index in [-0.39, 0.29) is 28.3 Å². The lowest BCUT2D eigenvalue weighted by Crippen LogP contribution is -2.35. The van der Waals surface area contributed by atoms with Gasteiger partial charge in [0.2, 0.25) is 11.7 Å². The highest BCUT2D eigenvalue weighted by Crippen LogP contribution is 2.43. The van der Waals surface area contributed by atoms with Gasteiger partial charge in [-0.25, -0.2) is 0 Å². The van der Waals surface area contributed by atoms with E-state index in [9.17, 15) is 9.59 Å². The summed E-state index contributed by atoms with van der Waals surface area (Å²) < 4.78 is 6.10. The molecule has 0 saturated carbocycles. The molecular weight excluding hydrogens is 374 g/mol. The van der Waals surface area contributed by atoms with E-state index >= 15 is 0 Å². The number of furan rings is 1. The molecule has 154 valence electrons. The number of anilines is 1. The normalized spacial score (nSPS) is 13.8. The molecule has 0 unspecified atom stereocenters. The second-order valence-electron chi connectivity index (χ2n) is 9.83. The fourth-order valence-electron chi connectivity index (χ4n) is 4.59. The first kappa shape index (κ1) is 20.1. The van der Waals surface area contributed by atoms with Crippen molar-refractivity contribution < 1.29 is 14.0 Å². The van der Waals surface area contributed by atoms with Gasteiger partial charge in [-0.2, -0.15) is 0 Å². The SMILES string of the molecule is CC(C)(C)CC(C)(C)Nc1oc2c(c1-c1ccccc1)C(=O)c1ccccc1C2=O. The smallest absolute Gasteiger partial charge is 0.229 e. The molecule has 3 aromatic rings. The molecule has 4 rings (SSSR count). The molecule has 0 aliphatic heterocycles. The number of nitrogens with one attached hydrogen (secondary N) is 1. The van der Waals surface area contributed by atoms with Crippen molar-refractivity contribution in [3.63, 3.8) is 0 Å². The van der Waals surface area contributed by atoms with Crippen LogP contribution in [0.5, 0.6) is 0 Å². The van der Waals surface area contributed by atoms with Crippen molar-refractivity contribution in [2.75, 3.05) is 5.32 Å². The van der Waals surface area contributed by atoms with Crippen LogP contribution in [-0.2, 0) is 0 Å². The van der Waals surface area contributed by atoms with E-state index in [4.69, 9.17) is 4.42 Å². The van der Waals surface area contributed by atoms with Crippen LogP contribution >= 0.6 is 0 Å². The molecule has 0 spiro atoms. The van der Waals surface area contributed by atoms with Gasteiger partial charge in [0.05, 0.1) is 11.1 Å². The minimum absolute atomic E-state index is 0.0947. The first-order chi connectivity index (χ1) is 14.1. The van der Waals surface area contributed by atoms with Crippen molar-refractivity contribution in [3.8, 4) is 11.1 Å². The second-order valence-corrected chi connectivity index (χ2v) is 9.83. The van der Waals surface area contributed by atoms with Gasteiger partial charge in [0.15, 0.2) is 11.5 Å². The largest absolute Gasteiger partial charge is 0.436 e. The van der Waals surface area contributed by atoms with Gasteiger partial charge in [0, 0.05) is 16.7 Å². The lowest BCUT2D eigenvalue weighted by Gasteiger charge is -2.33. The number of hydrogen-bond acceptors (Lipinski definition) is 4. The van der Waals surface area contributed by atoms with Crippen LogP contribution < -0.4 is 5.32 Å². The Hall–Kier alpha value is -3.14. The van der Waals surface area contributed by atoms with E-state index in [1.807, 2.05) is 30.3 Å². The Morgan fingerprint density at radius 1 is 0.767 bits per heavy atom. The molecule has 4 nitrogen and oxygen atoms in total. The summed E-state index contributed by atoms with van der Waals surface area (Å²) in [5.41, 5.74) is 2.45. The van der Waals surface area contributed by atoms with Crippen LogP contribution in [0, 0.1) is 5.41 Å². The molecule has 4 heteroatoms. The zero-order chi connectivity index (χ0) is 21.7. The standard InChI is InChI=1S/C26H27NO3/c1-25(2,3)15-26(4,5)27-24-19(16-11-7-6-8-12-16)20-21(28)17-13-9-10-14-18(17)22(29)23(20)30-24/h6-14,27H,15H2,1-5H3. The highest BCUT2D eigenvalue weighted by molar-refractivity contribution is 6.30. The second kappa shape index (κ2) is 6.98. The van der Waals surface area contributed by atoms with Gasteiger partial charge in [-0.05, 0) is 31.2 Å². The van der Waals surface area contributed by atoms with Crippen molar-refractivity contribution in [2.45, 2.75) is 46.6 Å². The Balaban J connectivity index is 1.90. The lowest BCUT2D eigenvalue weighted by atomic mass is 9.81. The monoisotopic (exact) mass is 401 g/mol. The number of fused-ring (bicyclic) bond motifs is 2. The summed E-state index contributed by atoms with van der Waals surface area (Å²) >= 11 is 0. The molecule has 0 radical (unpaired) electrons. The van der Waals surface area contributed by atoms with Crippen molar-refractivity contribution >= 4 is 17.5 Å². The van der Waals surface area contributed by atoms with Gasteiger partial charge in [0.1, 0.15) is 0 Å². The zero-order valence-electron chi connectivity index (χ0n) is 18.1. The van der Waals surface area contributed by atoms with Crippen LogP contribution in [0.1, 0.15) is 73.1 Å². The van der Waals surface area contributed by atoms with E-state index in [2.05, 4.69) is 39.9 Å². The molecular formula is C26H27NO3. The van der Waals surface area contributed by atoms with Gasteiger partial charge >= 0.3 is 0 Å². The predicted octanol–water partition coefficient (Wildman–Crippen LogP) is 6.35. The molecule has 1 aliphatic rings. The zero-order valence-corrected chi connectivity index (χ0v) is 18.1. The van der Waals surface area contributed by atoms with E-state index < -0.39 is 0 Å². The highest BCUT2D eigenvalue weighted by Gasteiger charge is 2.39. The van der Waals surface area contributed by atoms with Gasteiger partial charge in [0.25, 0.3) is 0 Å². The highest BCUT2D eigenvalue weighted by atomic mass is 16.4. The fraction of sp³-hybridized carbons (Fsp3) is 0.308. The van der Waals surface area contributed by atoms with Gasteiger partial charge in [-0.1, -0.05) is 75.4 Å². The lowest BCUT2D eigenvalue weighted by molar-refractivity contribution is 0.0961. The Morgan fingerprint density at radius 2 is 1.33 bits per heavy atom. The third kappa shape index (κ3) is 3.58. The number of hydrogen-bond donors (Lipinski definition) is 1. The number of carbonyl (C=O) groups is 2. The molecule has 1 heterocycles. The van der Waals surface area contributed by atoms with Crippen LogP contribution in [0.3, 0.4) is 0 Å². The summed E-state index contributed by atoms with van der Waals surface area (Å²) in [6.07, 6.45) is 0.877. The van der Waals surface area contributed by atoms with Crippen molar-refractivity contribution in [3.05, 3.63) is 77.0 Å². The minimum atomic E-state index is -0.304. The van der Waals surface area contributed by atoms with Gasteiger partial charge in [-0.15, -0.1) is 0 Å². The third-order valence-corrected chi connectivity index (χ3v) is 5.24. The molecule has 1 aromatic heterocycles. The topological polar surface area (TPSA) is 59.3 Å². The number of ketones is 2. The molecule has 0 amide bonds. The van der Waals surface area contributed by atoms with Crippen molar-refractivity contribution in [1.29, 1.82) is 0 Å². The van der Waals surface area contributed by atoms with Crippen molar-refractivity contribution in [2.24, 2.45) is 5.41 Å². The maximum Gasteiger partial charge on any atom is 0.229 e. The molecule has 0 bridgehead atoms. The van der Waals surface area contributed by atoms with Crippen molar-refractivity contribution in [1.82, 2.24) is 0 Å². The number of carbonyl (C=O) groups excluding carboxylic acids is 2. The molecule has 0 saturated heterocycles. The Morgan fingerprint density at radius 3 is 1.93 bits per heavy atom. The van der Waals surface area contributed by atoms with Crippen LogP contribution in [0.4, 0.5) is 5.88 Å². The fourth-order valence-corrected chi connectivity index (χ4v) is 4.59. The Kier molecular flexibility index (Phi) is 4.69. The predicted molar refractivity (Wildman–Crippen MR) is 119 cm³/mol. The van der Waals surface area contributed by atoms with Crippen LogP contribution in [0.25, 0.3) is 11.1 Å². The average Bonchev–Trinajstić information content (AvgIpc) is 3.03. The summed E-state index contributed by atoms with van der Waals surface area (Å²) in [7, 11) is 0. The van der Waals surface area contributed by atoms with E-state index in [0.29, 0.717) is 28.1 Å². The molecule has 1 N–H and O–H groups in total. The van der Waals surface area contributed by atoms with Gasteiger partial charge in [-0.3, -0.25) is 9.59 Å². The quantitative estimate of drug-likeness (QED) is 0.433. The number of benzene rings is 2. The average molecular weight is 402 g/mol. The molecule has 0 fully saturated rings. The third-order valence-electron chi connectivity index (χ3n) is 5.24. The summed E-state index contributed by atoms with van der Waals surface area (Å²) in [6.45, 7) is 10.8. The molecule has 1 aliphatic carbocycles. The maximum absolute atomic E-state index is 13.4. The maximum atomic E-state index is 13.4. The molecule has 30 heavy (non-hydrogen) atoms. The molecule has 0 atom stereocenters.